The van der Waals surface area contributed by atoms with Crippen molar-refractivity contribution in [2.75, 3.05) is 18.5 Å². The summed E-state index contributed by atoms with van der Waals surface area (Å²) in [6.07, 6.45) is 2.88. The molecule has 0 aliphatic heterocycles. The van der Waals surface area contributed by atoms with Crippen molar-refractivity contribution in [1.29, 1.82) is 0 Å². The standard InChI is InChI=1S/C24H27F2NO6/c1-2-3-6-15-31-18-11-9-17(10-12-18)20(28)13-14-23(30)32-16-22(29)27-19-7-4-5-8-21(19)33-24(25)26/h4-5,7-12,24H,2-3,6,13-16H2,1H3,(H,27,29). The first kappa shape index (κ1) is 25.8. The van der Waals surface area contributed by atoms with Crippen LogP contribution >= 0.6 is 0 Å². The van der Waals surface area contributed by atoms with E-state index in [0.717, 1.165) is 19.3 Å². The zero-order valence-corrected chi connectivity index (χ0v) is 18.4. The first-order chi connectivity index (χ1) is 15.9. The number of unbranched alkanes of at least 4 members (excludes halogenated alkanes) is 2. The van der Waals surface area contributed by atoms with Gasteiger partial charge in [-0.3, -0.25) is 14.4 Å². The molecule has 178 valence electrons. The van der Waals surface area contributed by atoms with E-state index in [9.17, 15) is 23.2 Å². The number of ketones is 1. The summed E-state index contributed by atoms with van der Waals surface area (Å²) < 4.78 is 39.6. The molecule has 0 saturated carbocycles. The van der Waals surface area contributed by atoms with Gasteiger partial charge in [-0.05, 0) is 42.8 Å². The van der Waals surface area contributed by atoms with Crippen molar-refractivity contribution < 1.29 is 37.4 Å². The number of nitrogens with one attached hydrogen (secondary N) is 1. The molecular weight excluding hydrogens is 436 g/mol. The van der Waals surface area contributed by atoms with Gasteiger partial charge in [0, 0.05) is 12.0 Å². The molecule has 0 unspecified atom stereocenters. The summed E-state index contributed by atoms with van der Waals surface area (Å²) in [6, 6.07) is 12.3. The van der Waals surface area contributed by atoms with E-state index < -0.39 is 25.1 Å². The highest BCUT2D eigenvalue weighted by Gasteiger charge is 2.14. The van der Waals surface area contributed by atoms with E-state index in [0.29, 0.717) is 17.9 Å². The van der Waals surface area contributed by atoms with Crippen molar-refractivity contribution in [3.63, 3.8) is 0 Å². The number of halogens is 2. The lowest BCUT2D eigenvalue weighted by Gasteiger charge is -2.11. The van der Waals surface area contributed by atoms with Crippen LogP contribution in [0, 0.1) is 0 Å². The Morgan fingerprint density at radius 1 is 0.970 bits per heavy atom. The predicted octanol–water partition coefficient (Wildman–Crippen LogP) is 5.00. The molecule has 2 aromatic rings. The molecule has 0 bridgehead atoms. The van der Waals surface area contributed by atoms with E-state index in [-0.39, 0.29) is 30.1 Å². The van der Waals surface area contributed by atoms with Crippen LogP contribution in [0.2, 0.25) is 0 Å². The van der Waals surface area contributed by atoms with E-state index in [1.165, 1.54) is 24.3 Å². The number of carbonyl (C=O) groups excluding carboxylic acids is 3. The predicted molar refractivity (Wildman–Crippen MR) is 118 cm³/mol. The van der Waals surface area contributed by atoms with Gasteiger partial charge < -0.3 is 19.5 Å². The Kier molecular flexibility index (Phi) is 10.8. The number of alkyl halides is 2. The highest BCUT2D eigenvalue weighted by atomic mass is 19.3. The molecule has 1 N–H and O–H groups in total. The van der Waals surface area contributed by atoms with Crippen LogP contribution < -0.4 is 14.8 Å². The zero-order chi connectivity index (χ0) is 24.1. The monoisotopic (exact) mass is 463 g/mol. The summed E-state index contributed by atoms with van der Waals surface area (Å²) in [4.78, 5) is 36.1. The van der Waals surface area contributed by atoms with Crippen LogP contribution in [0.5, 0.6) is 11.5 Å². The number of benzene rings is 2. The van der Waals surface area contributed by atoms with Crippen LogP contribution in [0.4, 0.5) is 14.5 Å². The van der Waals surface area contributed by atoms with E-state index in [1.54, 1.807) is 24.3 Å². The third-order valence-corrected chi connectivity index (χ3v) is 4.49. The molecule has 2 rings (SSSR count). The van der Waals surface area contributed by atoms with E-state index in [4.69, 9.17) is 9.47 Å². The molecule has 0 atom stereocenters. The van der Waals surface area contributed by atoms with Crippen molar-refractivity contribution in [3.05, 3.63) is 54.1 Å². The molecule has 0 aliphatic rings. The summed E-state index contributed by atoms with van der Waals surface area (Å²) in [6.45, 7) is -0.946. The van der Waals surface area contributed by atoms with Gasteiger partial charge in [-0.25, -0.2) is 0 Å². The quantitative estimate of drug-likeness (QED) is 0.241. The molecule has 7 nitrogen and oxygen atoms in total. The topological polar surface area (TPSA) is 90.9 Å². The molecule has 2 aromatic carbocycles. The lowest BCUT2D eigenvalue weighted by atomic mass is 10.1. The van der Waals surface area contributed by atoms with Gasteiger partial charge in [0.05, 0.1) is 18.7 Å². The number of hydrogen-bond acceptors (Lipinski definition) is 6. The largest absolute Gasteiger partial charge is 0.494 e. The average molecular weight is 463 g/mol. The van der Waals surface area contributed by atoms with E-state index >= 15 is 0 Å². The maximum atomic E-state index is 12.4. The van der Waals surface area contributed by atoms with Crippen molar-refractivity contribution in [2.45, 2.75) is 45.6 Å². The second kappa shape index (κ2) is 13.8. The van der Waals surface area contributed by atoms with Gasteiger partial charge in [-0.15, -0.1) is 0 Å². The van der Waals surface area contributed by atoms with Crippen LogP contribution in [-0.2, 0) is 14.3 Å². The molecule has 0 radical (unpaired) electrons. The minimum Gasteiger partial charge on any atom is -0.494 e. The maximum Gasteiger partial charge on any atom is 0.387 e. The van der Waals surface area contributed by atoms with Gasteiger partial charge in [0.2, 0.25) is 0 Å². The first-order valence-corrected chi connectivity index (χ1v) is 10.6. The molecular formula is C24H27F2NO6. The van der Waals surface area contributed by atoms with E-state index in [1.807, 2.05) is 0 Å². The summed E-state index contributed by atoms with van der Waals surface area (Å²) in [5.74, 6) is -1.24. The Morgan fingerprint density at radius 2 is 1.70 bits per heavy atom. The maximum absolute atomic E-state index is 12.4. The molecule has 1 amide bonds. The van der Waals surface area contributed by atoms with Crippen LogP contribution in [0.3, 0.4) is 0 Å². The number of carbonyl (C=O) groups is 3. The Bertz CT molecular complexity index is 917. The summed E-state index contributed by atoms with van der Waals surface area (Å²) >= 11 is 0. The van der Waals surface area contributed by atoms with Crippen molar-refractivity contribution in [2.24, 2.45) is 0 Å². The third kappa shape index (κ3) is 9.67. The fourth-order valence-corrected chi connectivity index (χ4v) is 2.81. The zero-order valence-electron chi connectivity index (χ0n) is 18.4. The van der Waals surface area contributed by atoms with Crippen molar-refractivity contribution >= 4 is 23.3 Å². The molecule has 0 fully saturated rings. The van der Waals surface area contributed by atoms with Gasteiger partial charge in [0.25, 0.3) is 5.91 Å². The molecule has 33 heavy (non-hydrogen) atoms. The lowest BCUT2D eigenvalue weighted by Crippen LogP contribution is -2.21. The van der Waals surface area contributed by atoms with Crippen LogP contribution in [0.15, 0.2) is 48.5 Å². The normalized spacial score (nSPS) is 10.5. The van der Waals surface area contributed by atoms with Gasteiger partial charge in [0.15, 0.2) is 12.4 Å². The average Bonchev–Trinajstić information content (AvgIpc) is 2.80. The van der Waals surface area contributed by atoms with Crippen molar-refractivity contribution in [1.82, 2.24) is 0 Å². The summed E-state index contributed by atoms with van der Waals surface area (Å²) in [5.41, 5.74) is 0.462. The van der Waals surface area contributed by atoms with Crippen molar-refractivity contribution in [3.8, 4) is 11.5 Å². The SMILES string of the molecule is CCCCCOc1ccc(C(=O)CCC(=O)OCC(=O)Nc2ccccc2OC(F)F)cc1. The molecule has 0 spiro atoms. The van der Waals surface area contributed by atoms with E-state index in [2.05, 4.69) is 17.0 Å². The molecule has 0 saturated heterocycles. The minimum absolute atomic E-state index is 0.0202. The van der Waals surface area contributed by atoms with Gasteiger partial charge >= 0.3 is 12.6 Å². The van der Waals surface area contributed by atoms with Crippen LogP contribution in [-0.4, -0.2) is 37.5 Å². The number of amides is 1. The van der Waals surface area contributed by atoms with Crippen LogP contribution in [0.1, 0.15) is 49.4 Å². The number of anilines is 1. The first-order valence-electron chi connectivity index (χ1n) is 10.6. The Labute approximate surface area is 191 Å². The Hall–Kier alpha value is -3.49. The molecule has 0 heterocycles. The smallest absolute Gasteiger partial charge is 0.387 e. The minimum atomic E-state index is -3.05. The second-order valence-corrected chi connectivity index (χ2v) is 7.09. The Balaban J connectivity index is 1.72. The number of hydrogen-bond donors (Lipinski definition) is 1. The number of ether oxygens (including phenoxy) is 3. The number of rotatable bonds is 14. The molecule has 0 aromatic heterocycles. The fraction of sp³-hybridized carbons (Fsp3) is 0.375. The number of Topliss-reactive ketones (excluding diaryl/α,β-unsaturated/α-hetero) is 1. The highest BCUT2D eigenvalue weighted by molar-refractivity contribution is 5.98. The fourth-order valence-electron chi connectivity index (χ4n) is 2.81. The van der Waals surface area contributed by atoms with Crippen LogP contribution in [0.25, 0.3) is 0 Å². The molecule has 0 aliphatic carbocycles. The van der Waals surface area contributed by atoms with Gasteiger partial charge in [-0.1, -0.05) is 31.9 Å². The lowest BCUT2D eigenvalue weighted by molar-refractivity contribution is -0.147. The van der Waals surface area contributed by atoms with Gasteiger partial charge in [0.1, 0.15) is 11.5 Å². The summed E-state index contributed by atoms with van der Waals surface area (Å²) in [7, 11) is 0. The Morgan fingerprint density at radius 3 is 2.39 bits per heavy atom. The summed E-state index contributed by atoms with van der Waals surface area (Å²) in [5, 5.41) is 2.34. The highest BCUT2D eigenvalue weighted by Crippen LogP contribution is 2.25. The third-order valence-electron chi connectivity index (χ3n) is 4.49. The number of para-hydroxylation sites is 2. The number of esters is 1. The molecule has 9 heteroatoms. The second-order valence-electron chi connectivity index (χ2n) is 7.09. The van der Waals surface area contributed by atoms with Gasteiger partial charge in [-0.2, -0.15) is 8.78 Å².